The molecule has 2 aromatic rings. The molecule has 0 spiro atoms. The zero-order valence-corrected chi connectivity index (χ0v) is 17.1. The standard InChI is InChI=1S/C20H27N5O2S/c1-2-3-18-23-17(13-28-18)19(26)22-15-5-9-25(12-15)20-21-8-4-16(24-20)14-6-10-27-11-7-14/h4,8,13-15H,2-3,5-7,9-12H2,1H3,(H,22,26). The lowest BCUT2D eigenvalue weighted by molar-refractivity contribution is 0.0845. The van der Waals surface area contributed by atoms with E-state index in [9.17, 15) is 4.79 Å². The molecule has 2 fully saturated rings. The molecular weight excluding hydrogens is 374 g/mol. The van der Waals surface area contributed by atoms with Gasteiger partial charge in [0.2, 0.25) is 5.95 Å². The molecule has 150 valence electrons. The first-order valence-electron chi connectivity index (χ1n) is 10.1. The number of nitrogens with zero attached hydrogens (tertiary/aromatic N) is 4. The van der Waals surface area contributed by atoms with Gasteiger partial charge in [0.15, 0.2) is 0 Å². The van der Waals surface area contributed by atoms with Gasteiger partial charge in [-0.15, -0.1) is 11.3 Å². The summed E-state index contributed by atoms with van der Waals surface area (Å²) in [4.78, 5) is 28.4. The molecule has 2 aliphatic heterocycles. The van der Waals surface area contributed by atoms with Crippen LogP contribution in [0.1, 0.15) is 59.7 Å². The molecular formula is C20H27N5O2S. The highest BCUT2D eigenvalue weighted by Crippen LogP contribution is 2.27. The second-order valence-electron chi connectivity index (χ2n) is 7.45. The van der Waals surface area contributed by atoms with E-state index in [0.29, 0.717) is 11.6 Å². The van der Waals surface area contributed by atoms with Crippen molar-refractivity contribution in [2.75, 3.05) is 31.2 Å². The number of anilines is 1. The van der Waals surface area contributed by atoms with Gasteiger partial charge in [-0.25, -0.2) is 15.0 Å². The van der Waals surface area contributed by atoms with Gasteiger partial charge in [0, 0.05) is 55.5 Å². The van der Waals surface area contributed by atoms with Crippen LogP contribution in [0.2, 0.25) is 0 Å². The Hall–Kier alpha value is -2.06. The molecule has 4 heterocycles. The summed E-state index contributed by atoms with van der Waals surface area (Å²) in [5, 5.41) is 6.00. The number of amides is 1. The minimum absolute atomic E-state index is 0.0812. The molecule has 28 heavy (non-hydrogen) atoms. The third kappa shape index (κ3) is 4.50. The Labute approximate surface area is 169 Å². The highest BCUT2D eigenvalue weighted by molar-refractivity contribution is 7.09. The van der Waals surface area contributed by atoms with Gasteiger partial charge in [0.1, 0.15) is 5.69 Å². The fourth-order valence-electron chi connectivity index (χ4n) is 3.80. The van der Waals surface area contributed by atoms with E-state index in [0.717, 1.165) is 75.1 Å². The van der Waals surface area contributed by atoms with Crippen molar-refractivity contribution in [1.29, 1.82) is 0 Å². The van der Waals surface area contributed by atoms with Crippen molar-refractivity contribution in [3.63, 3.8) is 0 Å². The first-order chi connectivity index (χ1) is 13.7. The van der Waals surface area contributed by atoms with Crippen LogP contribution in [0.3, 0.4) is 0 Å². The molecule has 0 saturated carbocycles. The van der Waals surface area contributed by atoms with Crippen LogP contribution in [0.5, 0.6) is 0 Å². The molecule has 2 aliphatic rings. The predicted octanol–water partition coefficient (Wildman–Crippen LogP) is 2.79. The van der Waals surface area contributed by atoms with Gasteiger partial charge in [-0.05, 0) is 38.2 Å². The minimum Gasteiger partial charge on any atom is -0.381 e. The summed E-state index contributed by atoms with van der Waals surface area (Å²) in [6.07, 6.45) is 6.74. The number of aromatic nitrogens is 3. The van der Waals surface area contributed by atoms with Crippen molar-refractivity contribution in [3.05, 3.63) is 34.0 Å². The van der Waals surface area contributed by atoms with Crippen molar-refractivity contribution < 1.29 is 9.53 Å². The zero-order chi connectivity index (χ0) is 19.3. The zero-order valence-electron chi connectivity index (χ0n) is 16.3. The quantitative estimate of drug-likeness (QED) is 0.802. The number of rotatable bonds is 6. The highest BCUT2D eigenvalue weighted by Gasteiger charge is 2.27. The van der Waals surface area contributed by atoms with Crippen LogP contribution in [-0.2, 0) is 11.2 Å². The monoisotopic (exact) mass is 401 g/mol. The van der Waals surface area contributed by atoms with Crippen molar-refractivity contribution in [1.82, 2.24) is 20.3 Å². The maximum atomic E-state index is 12.5. The van der Waals surface area contributed by atoms with Crippen LogP contribution in [-0.4, -0.2) is 53.2 Å². The average molecular weight is 402 g/mol. The van der Waals surface area contributed by atoms with E-state index in [1.54, 1.807) is 11.3 Å². The molecule has 8 heteroatoms. The normalized spacial score (nSPS) is 20.5. The third-order valence-corrected chi connectivity index (χ3v) is 6.27. The third-order valence-electron chi connectivity index (χ3n) is 5.36. The van der Waals surface area contributed by atoms with Gasteiger partial charge >= 0.3 is 0 Å². The Kier molecular flexibility index (Phi) is 6.17. The second-order valence-corrected chi connectivity index (χ2v) is 8.39. The van der Waals surface area contributed by atoms with Crippen LogP contribution in [0.25, 0.3) is 0 Å². The smallest absolute Gasteiger partial charge is 0.271 e. The van der Waals surface area contributed by atoms with E-state index >= 15 is 0 Å². The van der Waals surface area contributed by atoms with Gasteiger partial charge in [0.05, 0.1) is 5.01 Å². The van der Waals surface area contributed by atoms with E-state index in [-0.39, 0.29) is 11.9 Å². The average Bonchev–Trinajstić information content (AvgIpc) is 3.39. The number of carbonyl (C=O) groups excluding carboxylic acids is 1. The largest absolute Gasteiger partial charge is 0.381 e. The SMILES string of the molecule is CCCc1nc(C(=O)NC2CCN(c3nccc(C4CCOCC4)n3)C2)cs1. The Morgan fingerprint density at radius 1 is 1.32 bits per heavy atom. The molecule has 2 saturated heterocycles. The van der Waals surface area contributed by atoms with Crippen molar-refractivity contribution in [2.24, 2.45) is 0 Å². The summed E-state index contributed by atoms with van der Waals surface area (Å²) in [5.41, 5.74) is 1.64. The Morgan fingerprint density at radius 3 is 3.00 bits per heavy atom. The molecule has 2 aromatic heterocycles. The summed E-state index contributed by atoms with van der Waals surface area (Å²) in [6.45, 7) is 5.31. The number of thiazole rings is 1. The topological polar surface area (TPSA) is 80.2 Å². The van der Waals surface area contributed by atoms with Crippen LogP contribution in [0, 0.1) is 0 Å². The Morgan fingerprint density at radius 2 is 2.18 bits per heavy atom. The Bertz CT molecular complexity index is 805. The molecule has 0 bridgehead atoms. The summed E-state index contributed by atoms with van der Waals surface area (Å²) in [5.74, 6) is 1.14. The number of carbonyl (C=O) groups is 1. The van der Waals surface area contributed by atoms with Crippen LogP contribution >= 0.6 is 11.3 Å². The van der Waals surface area contributed by atoms with Crippen molar-refractivity contribution >= 4 is 23.2 Å². The molecule has 0 aliphatic carbocycles. The van der Waals surface area contributed by atoms with Gasteiger partial charge in [0.25, 0.3) is 5.91 Å². The molecule has 1 N–H and O–H groups in total. The summed E-state index contributed by atoms with van der Waals surface area (Å²) in [6, 6.07) is 2.12. The van der Waals surface area contributed by atoms with Gasteiger partial charge in [-0.2, -0.15) is 0 Å². The number of aryl methyl sites for hydroxylation is 1. The van der Waals surface area contributed by atoms with Gasteiger partial charge in [-0.1, -0.05) is 6.92 Å². The maximum absolute atomic E-state index is 12.5. The maximum Gasteiger partial charge on any atom is 0.271 e. The van der Waals surface area contributed by atoms with E-state index in [1.165, 1.54) is 0 Å². The van der Waals surface area contributed by atoms with Crippen LogP contribution < -0.4 is 10.2 Å². The van der Waals surface area contributed by atoms with E-state index in [2.05, 4.69) is 27.1 Å². The Balaban J connectivity index is 1.35. The lowest BCUT2D eigenvalue weighted by Gasteiger charge is -2.23. The number of nitrogens with one attached hydrogen (secondary N) is 1. The lowest BCUT2D eigenvalue weighted by atomic mass is 9.96. The molecule has 0 aromatic carbocycles. The minimum atomic E-state index is -0.0812. The molecule has 1 unspecified atom stereocenters. The van der Waals surface area contributed by atoms with Crippen molar-refractivity contribution in [2.45, 2.75) is 51.0 Å². The second kappa shape index (κ2) is 8.96. The molecule has 0 radical (unpaired) electrons. The number of ether oxygens (including phenoxy) is 1. The van der Waals surface area contributed by atoms with Crippen LogP contribution in [0.15, 0.2) is 17.6 Å². The highest BCUT2D eigenvalue weighted by atomic mass is 32.1. The first kappa shape index (κ1) is 19.3. The summed E-state index contributed by atoms with van der Waals surface area (Å²) in [7, 11) is 0. The fourth-order valence-corrected chi connectivity index (χ4v) is 4.68. The van der Waals surface area contributed by atoms with Crippen molar-refractivity contribution in [3.8, 4) is 0 Å². The fraction of sp³-hybridized carbons (Fsp3) is 0.600. The summed E-state index contributed by atoms with van der Waals surface area (Å²) < 4.78 is 5.46. The molecule has 1 atom stereocenters. The predicted molar refractivity (Wildman–Crippen MR) is 109 cm³/mol. The first-order valence-corrected chi connectivity index (χ1v) is 11.0. The number of hydrogen-bond acceptors (Lipinski definition) is 7. The van der Waals surface area contributed by atoms with E-state index in [4.69, 9.17) is 9.72 Å². The molecule has 1 amide bonds. The van der Waals surface area contributed by atoms with Crippen LogP contribution in [0.4, 0.5) is 5.95 Å². The van der Waals surface area contributed by atoms with Gasteiger partial charge < -0.3 is 15.0 Å². The van der Waals surface area contributed by atoms with E-state index in [1.807, 2.05) is 17.6 Å². The van der Waals surface area contributed by atoms with E-state index < -0.39 is 0 Å². The van der Waals surface area contributed by atoms with Gasteiger partial charge in [-0.3, -0.25) is 4.79 Å². The molecule has 4 rings (SSSR count). The number of hydrogen-bond donors (Lipinski definition) is 1. The lowest BCUT2D eigenvalue weighted by Crippen LogP contribution is -2.37. The summed E-state index contributed by atoms with van der Waals surface area (Å²) >= 11 is 1.56. The molecule has 7 nitrogen and oxygen atoms in total.